The number of likely N-dealkylation sites (N-methyl/N-ethyl adjacent to an activating group) is 1. The van der Waals surface area contributed by atoms with Crippen LogP contribution in [0.1, 0.15) is 12.8 Å². The van der Waals surface area contributed by atoms with Crippen LogP contribution in [0, 0.1) is 0 Å². The average molecular weight is 192 g/mol. The third-order valence-corrected chi connectivity index (χ3v) is 2.61. The van der Waals surface area contributed by atoms with Gasteiger partial charge in [-0.25, -0.2) is 9.97 Å². The fraction of sp³-hybridized carbons (Fsp3) is 0.600. The van der Waals surface area contributed by atoms with Crippen LogP contribution in [0.5, 0.6) is 0 Å². The highest BCUT2D eigenvalue weighted by Crippen LogP contribution is 2.10. The molecule has 0 spiro atoms. The summed E-state index contributed by atoms with van der Waals surface area (Å²) in [6.45, 7) is 2.18. The maximum Gasteiger partial charge on any atom is 0.131 e. The van der Waals surface area contributed by atoms with Gasteiger partial charge in [-0.05, 0) is 25.5 Å². The van der Waals surface area contributed by atoms with Gasteiger partial charge < -0.3 is 10.2 Å². The van der Waals surface area contributed by atoms with E-state index in [1.807, 2.05) is 6.07 Å². The molecule has 4 nitrogen and oxygen atoms in total. The van der Waals surface area contributed by atoms with Crippen molar-refractivity contribution in [1.29, 1.82) is 0 Å². The van der Waals surface area contributed by atoms with Gasteiger partial charge >= 0.3 is 0 Å². The number of hydrogen-bond acceptors (Lipinski definition) is 4. The molecule has 0 amide bonds. The molecular formula is C10H16N4. The Morgan fingerprint density at radius 1 is 1.64 bits per heavy atom. The van der Waals surface area contributed by atoms with Gasteiger partial charge in [-0.15, -0.1) is 0 Å². The van der Waals surface area contributed by atoms with Gasteiger partial charge in [0.1, 0.15) is 12.1 Å². The molecule has 1 aromatic heterocycles. The van der Waals surface area contributed by atoms with Gasteiger partial charge in [-0.2, -0.15) is 0 Å². The van der Waals surface area contributed by atoms with Crippen LogP contribution >= 0.6 is 0 Å². The van der Waals surface area contributed by atoms with Crippen LogP contribution in [-0.4, -0.2) is 36.1 Å². The molecule has 1 unspecified atom stereocenters. The minimum Gasteiger partial charge on any atom is -0.358 e. The Kier molecular flexibility index (Phi) is 2.93. The van der Waals surface area contributed by atoms with Crippen molar-refractivity contribution in [3.8, 4) is 0 Å². The van der Waals surface area contributed by atoms with Crippen molar-refractivity contribution in [2.75, 3.05) is 25.0 Å². The van der Waals surface area contributed by atoms with Crippen LogP contribution in [0.2, 0.25) is 0 Å². The second kappa shape index (κ2) is 4.37. The van der Waals surface area contributed by atoms with E-state index >= 15 is 0 Å². The molecule has 76 valence electrons. The largest absolute Gasteiger partial charge is 0.358 e. The lowest BCUT2D eigenvalue weighted by molar-refractivity contribution is 0.597. The number of anilines is 1. The highest BCUT2D eigenvalue weighted by Gasteiger charge is 2.16. The normalized spacial score (nSPS) is 21.1. The smallest absolute Gasteiger partial charge is 0.131 e. The lowest BCUT2D eigenvalue weighted by Crippen LogP contribution is -2.35. The first kappa shape index (κ1) is 9.40. The zero-order chi connectivity index (χ0) is 9.80. The maximum atomic E-state index is 4.21. The highest BCUT2D eigenvalue weighted by molar-refractivity contribution is 5.35. The van der Waals surface area contributed by atoms with Crippen molar-refractivity contribution in [3.63, 3.8) is 0 Å². The molecule has 0 aliphatic carbocycles. The molecule has 0 saturated carbocycles. The average Bonchev–Trinajstić information content (AvgIpc) is 2.72. The number of nitrogens with one attached hydrogen (secondary N) is 1. The molecule has 1 atom stereocenters. The van der Waals surface area contributed by atoms with Crippen molar-refractivity contribution in [2.24, 2.45) is 0 Å². The summed E-state index contributed by atoms with van der Waals surface area (Å²) in [5, 5.41) is 3.47. The molecule has 1 aromatic rings. The Hall–Kier alpha value is -1.16. The van der Waals surface area contributed by atoms with E-state index in [4.69, 9.17) is 0 Å². The lowest BCUT2D eigenvalue weighted by Gasteiger charge is -2.21. The zero-order valence-electron chi connectivity index (χ0n) is 8.48. The van der Waals surface area contributed by atoms with E-state index in [1.165, 1.54) is 12.8 Å². The third-order valence-electron chi connectivity index (χ3n) is 2.61. The van der Waals surface area contributed by atoms with Crippen molar-refractivity contribution in [2.45, 2.75) is 18.9 Å². The second-order valence-electron chi connectivity index (χ2n) is 3.74. The number of aromatic nitrogens is 2. The van der Waals surface area contributed by atoms with Crippen molar-refractivity contribution in [3.05, 3.63) is 18.6 Å². The minimum absolute atomic E-state index is 0.620. The van der Waals surface area contributed by atoms with Crippen LogP contribution in [-0.2, 0) is 0 Å². The summed E-state index contributed by atoms with van der Waals surface area (Å²) in [7, 11) is 2.07. The van der Waals surface area contributed by atoms with E-state index in [9.17, 15) is 0 Å². The van der Waals surface area contributed by atoms with Gasteiger partial charge in [0.05, 0.1) is 0 Å². The molecule has 0 aromatic carbocycles. The van der Waals surface area contributed by atoms with Crippen LogP contribution < -0.4 is 10.2 Å². The summed E-state index contributed by atoms with van der Waals surface area (Å²) in [6, 6.07) is 2.56. The van der Waals surface area contributed by atoms with Crippen LogP contribution in [0.25, 0.3) is 0 Å². The van der Waals surface area contributed by atoms with Crippen molar-refractivity contribution >= 4 is 5.82 Å². The second-order valence-corrected chi connectivity index (χ2v) is 3.74. The Morgan fingerprint density at radius 3 is 3.21 bits per heavy atom. The molecule has 2 rings (SSSR count). The van der Waals surface area contributed by atoms with E-state index < -0.39 is 0 Å². The first-order valence-electron chi connectivity index (χ1n) is 5.07. The number of hydrogen-bond donors (Lipinski definition) is 1. The molecule has 1 aliphatic rings. The molecule has 0 radical (unpaired) electrons. The van der Waals surface area contributed by atoms with Gasteiger partial charge in [0.2, 0.25) is 0 Å². The summed E-state index contributed by atoms with van der Waals surface area (Å²) in [6.07, 6.45) is 5.94. The quantitative estimate of drug-likeness (QED) is 0.764. The Balaban J connectivity index is 1.92. The van der Waals surface area contributed by atoms with Gasteiger partial charge in [0.15, 0.2) is 0 Å². The van der Waals surface area contributed by atoms with Crippen LogP contribution in [0.3, 0.4) is 0 Å². The minimum atomic E-state index is 0.620. The Morgan fingerprint density at radius 2 is 2.57 bits per heavy atom. The molecule has 1 fully saturated rings. The van der Waals surface area contributed by atoms with E-state index in [2.05, 4.69) is 27.2 Å². The SMILES string of the molecule is CN(CC1CCCN1)c1ccncn1. The van der Waals surface area contributed by atoms with Gasteiger partial charge in [-0.3, -0.25) is 0 Å². The van der Waals surface area contributed by atoms with E-state index in [0.717, 1.165) is 18.9 Å². The maximum absolute atomic E-state index is 4.21. The molecular weight excluding hydrogens is 176 g/mol. The number of rotatable bonds is 3. The summed E-state index contributed by atoms with van der Waals surface area (Å²) in [5.74, 6) is 0.994. The molecule has 14 heavy (non-hydrogen) atoms. The predicted molar refractivity (Wildman–Crippen MR) is 56.3 cm³/mol. The first-order valence-corrected chi connectivity index (χ1v) is 5.07. The summed E-state index contributed by atoms with van der Waals surface area (Å²) in [5.41, 5.74) is 0. The standard InChI is InChI=1S/C10H16N4/c1-14(7-9-3-2-5-12-9)10-4-6-11-8-13-10/h4,6,8-9,12H,2-3,5,7H2,1H3. The molecule has 2 heterocycles. The predicted octanol–water partition coefficient (Wildman–Crippen LogP) is 0.665. The van der Waals surface area contributed by atoms with E-state index in [0.29, 0.717) is 6.04 Å². The highest BCUT2D eigenvalue weighted by atomic mass is 15.2. The molecule has 1 aliphatic heterocycles. The van der Waals surface area contributed by atoms with Crippen molar-refractivity contribution in [1.82, 2.24) is 15.3 Å². The fourth-order valence-corrected chi connectivity index (χ4v) is 1.85. The van der Waals surface area contributed by atoms with E-state index in [-0.39, 0.29) is 0 Å². The molecule has 4 heteroatoms. The van der Waals surface area contributed by atoms with Crippen molar-refractivity contribution < 1.29 is 0 Å². The Labute approximate surface area is 84.4 Å². The molecule has 0 bridgehead atoms. The lowest BCUT2D eigenvalue weighted by atomic mass is 10.2. The van der Waals surface area contributed by atoms with Gasteiger partial charge in [0.25, 0.3) is 0 Å². The Bertz CT molecular complexity index is 269. The van der Waals surface area contributed by atoms with Gasteiger partial charge in [-0.1, -0.05) is 0 Å². The van der Waals surface area contributed by atoms with Crippen LogP contribution in [0.4, 0.5) is 5.82 Å². The number of nitrogens with zero attached hydrogens (tertiary/aromatic N) is 3. The van der Waals surface area contributed by atoms with E-state index in [1.54, 1.807) is 12.5 Å². The summed E-state index contributed by atoms with van der Waals surface area (Å²) < 4.78 is 0. The summed E-state index contributed by atoms with van der Waals surface area (Å²) >= 11 is 0. The van der Waals surface area contributed by atoms with Crippen LogP contribution in [0.15, 0.2) is 18.6 Å². The van der Waals surface area contributed by atoms with Gasteiger partial charge in [0, 0.05) is 25.8 Å². The first-order chi connectivity index (χ1) is 6.86. The molecule has 1 saturated heterocycles. The fourth-order valence-electron chi connectivity index (χ4n) is 1.85. The topological polar surface area (TPSA) is 41.0 Å². The third kappa shape index (κ3) is 2.20. The zero-order valence-corrected chi connectivity index (χ0v) is 8.48. The summed E-state index contributed by atoms with van der Waals surface area (Å²) in [4.78, 5) is 10.3. The molecule has 1 N–H and O–H groups in total. The monoisotopic (exact) mass is 192 g/mol.